The Balaban J connectivity index is 1.88. The molecule has 0 aromatic heterocycles. The second-order valence-electron chi connectivity index (χ2n) is 7.03. The Labute approximate surface area is 136 Å². The molecule has 0 spiro atoms. The smallest absolute Gasteiger partial charge is 0.410 e. The monoisotopic (exact) mass is 318 g/mol. The Morgan fingerprint density at radius 2 is 2.04 bits per heavy atom. The molecule has 124 valence electrons. The van der Waals surface area contributed by atoms with Crippen molar-refractivity contribution in [2.24, 2.45) is 5.92 Å². The molecule has 0 aliphatic carbocycles. The van der Waals surface area contributed by atoms with E-state index in [0.717, 1.165) is 12.8 Å². The molecule has 1 aliphatic heterocycles. The van der Waals surface area contributed by atoms with Gasteiger partial charge in [-0.3, -0.25) is 0 Å². The summed E-state index contributed by atoms with van der Waals surface area (Å²) >= 11 is 0. The Hall–Kier alpha value is -2.09. The van der Waals surface area contributed by atoms with Crippen LogP contribution in [0.1, 0.15) is 44.7 Å². The van der Waals surface area contributed by atoms with Gasteiger partial charge in [-0.15, -0.1) is 0 Å². The minimum absolute atomic E-state index is 0.277. The van der Waals surface area contributed by atoms with Gasteiger partial charge in [0.25, 0.3) is 0 Å². The first kappa shape index (κ1) is 17.3. The van der Waals surface area contributed by atoms with Gasteiger partial charge in [-0.2, -0.15) is 5.26 Å². The summed E-state index contributed by atoms with van der Waals surface area (Å²) in [4.78, 5) is 13.7. The van der Waals surface area contributed by atoms with Gasteiger partial charge in [0, 0.05) is 13.1 Å². The molecule has 0 radical (unpaired) electrons. The maximum absolute atomic E-state index is 13.9. The van der Waals surface area contributed by atoms with E-state index < -0.39 is 5.60 Å². The van der Waals surface area contributed by atoms with E-state index in [1.54, 1.807) is 17.0 Å². The number of hydrogen-bond acceptors (Lipinski definition) is 3. The molecule has 1 fully saturated rings. The van der Waals surface area contributed by atoms with Crippen LogP contribution in [0.15, 0.2) is 18.2 Å². The lowest BCUT2D eigenvalue weighted by Crippen LogP contribution is -2.42. The number of nitriles is 1. The maximum Gasteiger partial charge on any atom is 0.410 e. The Morgan fingerprint density at radius 1 is 1.39 bits per heavy atom. The van der Waals surface area contributed by atoms with E-state index in [4.69, 9.17) is 10.00 Å². The van der Waals surface area contributed by atoms with Crippen LogP contribution in [-0.4, -0.2) is 29.7 Å². The molecule has 1 amide bonds. The lowest BCUT2D eigenvalue weighted by atomic mass is 9.90. The van der Waals surface area contributed by atoms with Gasteiger partial charge < -0.3 is 9.64 Å². The minimum Gasteiger partial charge on any atom is -0.444 e. The largest absolute Gasteiger partial charge is 0.444 e. The van der Waals surface area contributed by atoms with Crippen LogP contribution in [0.2, 0.25) is 0 Å². The van der Waals surface area contributed by atoms with Gasteiger partial charge >= 0.3 is 6.09 Å². The number of amides is 1. The number of halogens is 1. The minimum atomic E-state index is -0.487. The second-order valence-corrected chi connectivity index (χ2v) is 7.03. The molecule has 2 rings (SSSR count). The van der Waals surface area contributed by atoms with Crippen LogP contribution in [0.25, 0.3) is 0 Å². The third-order valence-electron chi connectivity index (χ3n) is 3.96. The van der Waals surface area contributed by atoms with Crippen molar-refractivity contribution in [1.29, 1.82) is 5.26 Å². The molecule has 0 unspecified atom stereocenters. The zero-order valence-electron chi connectivity index (χ0n) is 13.9. The fourth-order valence-corrected chi connectivity index (χ4v) is 2.74. The summed E-state index contributed by atoms with van der Waals surface area (Å²) in [5, 5.41) is 8.77. The van der Waals surface area contributed by atoms with Crippen molar-refractivity contribution in [2.45, 2.75) is 45.6 Å². The molecule has 23 heavy (non-hydrogen) atoms. The number of carbonyl (C=O) groups excluding carboxylic acids is 1. The van der Waals surface area contributed by atoms with E-state index in [1.807, 2.05) is 26.8 Å². The molecule has 0 N–H and O–H groups in total. The third-order valence-corrected chi connectivity index (χ3v) is 3.96. The number of likely N-dealkylation sites (tertiary alicyclic amines) is 1. The summed E-state index contributed by atoms with van der Waals surface area (Å²) in [6.45, 7) is 6.83. The molecule has 1 aromatic carbocycles. The molecule has 1 aromatic rings. The Bertz CT molecular complexity index is 608. The summed E-state index contributed by atoms with van der Waals surface area (Å²) in [5.41, 5.74) is 0.491. The lowest BCUT2D eigenvalue weighted by molar-refractivity contribution is 0.0184. The summed E-state index contributed by atoms with van der Waals surface area (Å²) in [5.74, 6) is 0.0229. The summed E-state index contributed by atoms with van der Waals surface area (Å²) < 4.78 is 19.3. The number of nitrogens with zero attached hydrogens (tertiary/aromatic N) is 2. The zero-order chi connectivity index (χ0) is 17.0. The van der Waals surface area contributed by atoms with Crippen molar-refractivity contribution in [1.82, 2.24) is 4.90 Å². The fraction of sp³-hybridized carbons (Fsp3) is 0.556. The van der Waals surface area contributed by atoms with E-state index in [9.17, 15) is 9.18 Å². The van der Waals surface area contributed by atoms with Gasteiger partial charge in [0.1, 0.15) is 11.4 Å². The molecular weight excluding hydrogens is 295 g/mol. The van der Waals surface area contributed by atoms with Gasteiger partial charge in [0.15, 0.2) is 0 Å². The van der Waals surface area contributed by atoms with Crippen molar-refractivity contribution >= 4 is 6.09 Å². The van der Waals surface area contributed by atoms with Crippen molar-refractivity contribution in [2.75, 3.05) is 13.1 Å². The standard InChI is InChI=1S/C18H23FN2O2/c1-18(2,3)23-17(22)21-8-6-13(7-9-21)10-15-5-4-14(12-20)11-16(15)19/h4-5,11,13H,6-10H2,1-3H3. The molecule has 1 saturated heterocycles. The van der Waals surface area contributed by atoms with E-state index >= 15 is 0 Å². The van der Waals surface area contributed by atoms with Gasteiger partial charge in [-0.1, -0.05) is 6.07 Å². The first-order valence-electron chi connectivity index (χ1n) is 7.95. The molecule has 1 heterocycles. The molecule has 4 nitrogen and oxygen atoms in total. The molecule has 0 atom stereocenters. The van der Waals surface area contributed by atoms with Crippen LogP contribution in [0.5, 0.6) is 0 Å². The third kappa shape index (κ3) is 4.95. The quantitative estimate of drug-likeness (QED) is 0.831. The number of rotatable bonds is 2. The Kier molecular flexibility index (Phi) is 5.25. The van der Waals surface area contributed by atoms with Crippen LogP contribution in [0.4, 0.5) is 9.18 Å². The van der Waals surface area contributed by atoms with Crippen LogP contribution >= 0.6 is 0 Å². The van der Waals surface area contributed by atoms with Gasteiger partial charge in [-0.25, -0.2) is 9.18 Å². The number of benzene rings is 1. The summed E-state index contributed by atoms with van der Waals surface area (Å²) in [7, 11) is 0. The van der Waals surface area contributed by atoms with Crippen molar-refractivity contribution in [3.8, 4) is 6.07 Å². The van der Waals surface area contributed by atoms with Crippen LogP contribution in [0.3, 0.4) is 0 Å². The number of carbonyl (C=O) groups is 1. The van der Waals surface area contributed by atoms with Gasteiger partial charge in [-0.05, 0) is 63.6 Å². The normalized spacial score (nSPS) is 16.0. The fourth-order valence-electron chi connectivity index (χ4n) is 2.74. The van der Waals surface area contributed by atoms with E-state index in [2.05, 4.69) is 0 Å². The Morgan fingerprint density at radius 3 is 2.57 bits per heavy atom. The number of ether oxygens (including phenoxy) is 1. The first-order valence-corrected chi connectivity index (χ1v) is 7.95. The number of piperidine rings is 1. The second kappa shape index (κ2) is 6.99. The highest BCUT2D eigenvalue weighted by Crippen LogP contribution is 2.24. The average Bonchev–Trinajstić information content (AvgIpc) is 2.48. The van der Waals surface area contributed by atoms with Crippen molar-refractivity contribution in [3.63, 3.8) is 0 Å². The molecule has 1 aliphatic rings. The van der Waals surface area contributed by atoms with E-state index in [-0.39, 0.29) is 11.9 Å². The van der Waals surface area contributed by atoms with Crippen molar-refractivity contribution < 1.29 is 13.9 Å². The highest BCUT2D eigenvalue weighted by molar-refractivity contribution is 5.68. The highest BCUT2D eigenvalue weighted by atomic mass is 19.1. The zero-order valence-corrected chi connectivity index (χ0v) is 13.9. The van der Waals surface area contributed by atoms with Crippen LogP contribution in [-0.2, 0) is 11.2 Å². The van der Waals surface area contributed by atoms with Crippen LogP contribution in [0, 0.1) is 23.1 Å². The van der Waals surface area contributed by atoms with Crippen molar-refractivity contribution in [3.05, 3.63) is 35.1 Å². The maximum atomic E-state index is 13.9. The van der Waals surface area contributed by atoms with Gasteiger partial charge in [0.05, 0.1) is 11.6 Å². The van der Waals surface area contributed by atoms with Gasteiger partial charge in [0.2, 0.25) is 0 Å². The molecule has 0 bridgehead atoms. The molecule has 0 saturated carbocycles. The summed E-state index contributed by atoms with van der Waals surface area (Å²) in [6, 6.07) is 6.56. The summed E-state index contributed by atoms with van der Waals surface area (Å²) in [6.07, 6.45) is 2.03. The number of hydrogen-bond donors (Lipinski definition) is 0. The first-order chi connectivity index (χ1) is 10.8. The lowest BCUT2D eigenvalue weighted by Gasteiger charge is -2.33. The molecule has 5 heteroatoms. The predicted octanol–water partition coefficient (Wildman–Crippen LogP) is 3.89. The molecular formula is C18H23FN2O2. The SMILES string of the molecule is CC(C)(C)OC(=O)N1CCC(Cc2ccc(C#N)cc2F)CC1. The predicted molar refractivity (Wildman–Crippen MR) is 85.4 cm³/mol. The van der Waals surface area contributed by atoms with Crippen LogP contribution < -0.4 is 0 Å². The highest BCUT2D eigenvalue weighted by Gasteiger charge is 2.27. The average molecular weight is 318 g/mol. The van der Waals surface area contributed by atoms with E-state index in [0.29, 0.717) is 36.6 Å². The van der Waals surface area contributed by atoms with E-state index in [1.165, 1.54) is 6.07 Å². The topological polar surface area (TPSA) is 53.3 Å².